The first kappa shape index (κ1) is 13.1. The van der Waals surface area contributed by atoms with Crippen molar-refractivity contribution >= 4 is 15.9 Å². The van der Waals surface area contributed by atoms with Crippen LogP contribution in [0.5, 0.6) is 0 Å². The lowest BCUT2D eigenvalue weighted by Crippen LogP contribution is -2.26. The summed E-state index contributed by atoms with van der Waals surface area (Å²) < 4.78 is 1.23. The Morgan fingerprint density at radius 1 is 1.35 bits per heavy atom. The first-order valence-electron chi connectivity index (χ1n) is 6.33. The van der Waals surface area contributed by atoms with E-state index in [-0.39, 0.29) is 0 Å². The number of nitrogens with one attached hydrogen (secondary N) is 1. The number of hydrogen-bond acceptors (Lipinski definition) is 2. The second-order valence-electron chi connectivity index (χ2n) is 5.09. The predicted molar refractivity (Wildman–Crippen MR) is 76.1 cm³/mol. The molecule has 2 nitrogen and oxygen atoms in total. The molecule has 94 valence electrons. The first-order chi connectivity index (χ1) is 8.16. The highest BCUT2D eigenvalue weighted by molar-refractivity contribution is 9.10. The maximum Gasteiger partial charge on any atom is 0.0320 e. The molecule has 0 saturated carbocycles. The number of nitrogens with zero attached hydrogens (tertiary/aromatic N) is 1. The van der Waals surface area contributed by atoms with Gasteiger partial charge in [0.2, 0.25) is 0 Å². The molecule has 1 heterocycles. The third-order valence-corrected chi connectivity index (χ3v) is 4.01. The molecule has 0 amide bonds. The van der Waals surface area contributed by atoms with Gasteiger partial charge in [0.25, 0.3) is 0 Å². The molecular formula is C14H21BrN2. The van der Waals surface area contributed by atoms with E-state index in [4.69, 9.17) is 0 Å². The molecule has 1 aromatic rings. The van der Waals surface area contributed by atoms with Crippen LogP contribution in [-0.4, -0.2) is 25.5 Å². The molecule has 0 bridgehead atoms. The molecule has 1 aromatic carbocycles. The molecule has 2 rings (SSSR count). The lowest BCUT2D eigenvalue weighted by atomic mass is 9.97. The molecule has 0 aromatic heterocycles. The van der Waals surface area contributed by atoms with Crippen molar-refractivity contribution in [2.24, 2.45) is 0 Å². The topological polar surface area (TPSA) is 15.3 Å². The molecule has 0 radical (unpaired) electrons. The molecule has 1 aliphatic heterocycles. The normalized spacial score (nSPS) is 20.8. The minimum Gasteiger partial charge on any atom is -0.310 e. The molecule has 3 heteroatoms. The van der Waals surface area contributed by atoms with Gasteiger partial charge >= 0.3 is 0 Å². The monoisotopic (exact) mass is 296 g/mol. The molecule has 1 fully saturated rings. The average molecular weight is 297 g/mol. The van der Waals surface area contributed by atoms with E-state index in [1.54, 1.807) is 0 Å². The van der Waals surface area contributed by atoms with Gasteiger partial charge in [-0.15, -0.1) is 0 Å². The van der Waals surface area contributed by atoms with Crippen LogP contribution in [0.15, 0.2) is 22.7 Å². The number of piperidine rings is 1. The summed E-state index contributed by atoms with van der Waals surface area (Å²) in [5.74, 6) is 0. The Hall–Kier alpha value is -0.380. The maximum absolute atomic E-state index is 3.69. The second kappa shape index (κ2) is 5.98. The summed E-state index contributed by atoms with van der Waals surface area (Å²) in [5.41, 5.74) is 2.77. The molecule has 0 aliphatic carbocycles. The maximum atomic E-state index is 3.69. The Bertz CT molecular complexity index is 370. The fraction of sp³-hybridized carbons (Fsp3) is 0.571. The minimum absolute atomic E-state index is 0.549. The zero-order valence-electron chi connectivity index (χ0n) is 10.7. The fourth-order valence-electron chi connectivity index (χ4n) is 2.39. The van der Waals surface area contributed by atoms with Crippen LogP contribution in [0.4, 0.5) is 0 Å². The Morgan fingerprint density at radius 3 is 2.76 bits per heavy atom. The van der Waals surface area contributed by atoms with Crippen molar-refractivity contribution in [3.63, 3.8) is 0 Å². The summed E-state index contributed by atoms with van der Waals surface area (Å²) in [7, 11) is 4.20. The lowest BCUT2D eigenvalue weighted by Gasteiger charge is -2.24. The van der Waals surface area contributed by atoms with Gasteiger partial charge in [0, 0.05) is 17.1 Å². The van der Waals surface area contributed by atoms with Crippen LogP contribution in [0.25, 0.3) is 0 Å². The molecule has 1 N–H and O–H groups in total. The standard InChI is InChI=1S/C14H21BrN2/c1-17(2)10-12-7-6-11(9-13(12)15)14-5-3-4-8-16-14/h6-7,9,14,16H,3-5,8,10H2,1-2H3. The minimum atomic E-state index is 0.549. The van der Waals surface area contributed by atoms with E-state index in [0.717, 1.165) is 13.1 Å². The summed E-state index contributed by atoms with van der Waals surface area (Å²) in [4.78, 5) is 2.19. The first-order valence-corrected chi connectivity index (χ1v) is 7.12. The molecular weight excluding hydrogens is 276 g/mol. The lowest BCUT2D eigenvalue weighted by molar-refractivity contribution is 0.400. The van der Waals surface area contributed by atoms with Crippen LogP contribution in [0.1, 0.15) is 36.4 Å². The van der Waals surface area contributed by atoms with E-state index in [0.29, 0.717) is 6.04 Å². The molecule has 1 unspecified atom stereocenters. The van der Waals surface area contributed by atoms with Gasteiger partial charge in [0.05, 0.1) is 0 Å². The Labute approximate surface area is 113 Å². The van der Waals surface area contributed by atoms with Gasteiger partial charge in [-0.3, -0.25) is 0 Å². The van der Waals surface area contributed by atoms with Crippen LogP contribution >= 0.6 is 15.9 Å². The highest BCUT2D eigenvalue weighted by Crippen LogP contribution is 2.27. The summed E-state index contributed by atoms with van der Waals surface area (Å²) >= 11 is 3.69. The van der Waals surface area contributed by atoms with Gasteiger partial charge in [0.1, 0.15) is 0 Å². The van der Waals surface area contributed by atoms with Crippen molar-refractivity contribution in [3.8, 4) is 0 Å². The highest BCUT2D eigenvalue weighted by Gasteiger charge is 2.15. The quantitative estimate of drug-likeness (QED) is 0.920. The largest absolute Gasteiger partial charge is 0.310 e. The van der Waals surface area contributed by atoms with Crippen LogP contribution in [0.3, 0.4) is 0 Å². The predicted octanol–water partition coefficient (Wildman–Crippen LogP) is 3.33. The van der Waals surface area contributed by atoms with Crippen LogP contribution in [0, 0.1) is 0 Å². The molecule has 1 atom stereocenters. The van der Waals surface area contributed by atoms with E-state index in [1.807, 2.05) is 0 Å². The van der Waals surface area contributed by atoms with E-state index in [2.05, 4.69) is 58.4 Å². The number of halogens is 1. The van der Waals surface area contributed by atoms with Gasteiger partial charge in [-0.2, -0.15) is 0 Å². The summed E-state index contributed by atoms with van der Waals surface area (Å²) in [5, 5.41) is 3.59. The fourth-order valence-corrected chi connectivity index (χ4v) is 2.91. The smallest absolute Gasteiger partial charge is 0.0320 e. The molecule has 1 aliphatic rings. The number of hydrogen-bond donors (Lipinski definition) is 1. The van der Waals surface area contributed by atoms with Crippen molar-refractivity contribution in [1.29, 1.82) is 0 Å². The Kier molecular flexibility index (Phi) is 4.60. The molecule has 17 heavy (non-hydrogen) atoms. The van der Waals surface area contributed by atoms with E-state index in [9.17, 15) is 0 Å². The van der Waals surface area contributed by atoms with Crippen molar-refractivity contribution in [1.82, 2.24) is 10.2 Å². The van der Waals surface area contributed by atoms with Crippen molar-refractivity contribution in [2.75, 3.05) is 20.6 Å². The van der Waals surface area contributed by atoms with Crippen LogP contribution in [-0.2, 0) is 6.54 Å². The van der Waals surface area contributed by atoms with E-state index < -0.39 is 0 Å². The number of rotatable bonds is 3. The number of benzene rings is 1. The van der Waals surface area contributed by atoms with Crippen molar-refractivity contribution in [3.05, 3.63) is 33.8 Å². The third-order valence-electron chi connectivity index (χ3n) is 3.28. The zero-order chi connectivity index (χ0) is 12.3. The van der Waals surface area contributed by atoms with Gasteiger partial charge in [-0.05, 0) is 50.7 Å². The highest BCUT2D eigenvalue weighted by atomic mass is 79.9. The van der Waals surface area contributed by atoms with Crippen LogP contribution in [0.2, 0.25) is 0 Å². The van der Waals surface area contributed by atoms with Gasteiger partial charge < -0.3 is 10.2 Å². The van der Waals surface area contributed by atoms with Gasteiger partial charge in [0.15, 0.2) is 0 Å². The van der Waals surface area contributed by atoms with Gasteiger partial charge in [-0.1, -0.05) is 34.5 Å². The SMILES string of the molecule is CN(C)Cc1ccc(C2CCCCN2)cc1Br. The summed E-state index contributed by atoms with van der Waals surface area (Å²) in [6.07, 6.45) is 3.92. The molecule has 1 saturated heterocycles. The zero-order valence-corrected chi connectivity index (χ0v) is 12.3. The average Bonchev–Trinajstić information content (AvgIpc) is 2.32. The summed E-state index contributed by atoms with van der Waals surface area (Å²) in [6, 6.07) is 7.35. The molecule has 0 spiro atoms. The van der Waals surface area contributed by atoms with Crippen molar-refractivity contribution < 1.29 is 0 Å². The van der Waals surface area contributed by atoms with Crippen molar-refractivity contribution in [2.45, 2.75) is 31.8 Å². The third kappa shape index (κ3) is 3.54. The summed E-state index contributed by atoms with van der Waals surface area (Å²) in [6.45, 7) is 2.14. The van der Waals surface area contributed by atoms with Gasteiger partial charge in [-0.25, -0.2) is 0 Å². The second-order valence-corrected chi connectivity index (χ2v) is 5.95. The van der Waals surface area contributed by atoms with Crippen LogP contribution < -0.4 is 5.32 Å². The Morgan fingerprint density at radius 2 is 2.18 bits per heavy atom. The van der Waals surface area contributed by atoms with E-state index in [1.165, 1.54) is 34.9 Å². The van der Waals surface area contributed by atoms with E-state index >= 15 is 0 Å². The Balaban J connectivity index is 2.12.